The van der Waals surface area contributed by atoms with Crippen LogP contribution in [0.3, 0.4) is 0 Å². The number of aromatic carboxylic acids is 1. The van der Waals surface area contributed by atoms with E-state index in [0.717, 1.165) is 12.1 Å². The molecule has 1 aromatic heterocycles. The van der Waals surface area contributed by atoms with Crippen molar-refractivity contribution in [3.05, 3.63) is 42.1 Å². The topological polar surface area (TPSA) is 68.7 Å². The van der Waals surface area contributed by atoms with Crippen molar-refractivity contribution in [1.82, 2.24) is 4.98 Å². The Balaban J connectivity index is 2.35. The molecule has 0 bridgehead atoms. The fraction of sp³-hybridized carbons (Fsp3) is 0.143. The molecule has 0 fully saturated rings. The summed E-state index contributed by atoms with van der Waals surface area (Å²) in [5.74, 6) is -1.34. The number of hydrogen-bond acceptors (Lipinski definition) is 4. The Morgan fingerprint density at radius 2 is 1.77 bits per heavy atom. The lowest BCUT2D eigenvalue weighted by Crippen LogP contribution is -2.16. The second kappa shape index (κ2) is 5.92. The minimum Gasteiger partial charge on any atom is -0.497 e. The average molecular weight is 313 g/mol. The number of nitrogens with zero attached hydrogens (tertiary/aromatic N) is 1. The van der Waals surface area contributed by atoms with Crippen LogP contribution < -0.4 is 9.47 Å². The van der Waals surface area contributed by atoms with Crippen molar-refractivity contribution in [3.8, 4) is 22.8 Å². The van der Waals surface area contributed by atoms with Gasteiger partial charge in [0.25, 0.3) is 0 Å². The van der Waals surface area contributed by atoms with Crippen LogP contribution in [-0.2, 0) is 0 Å². The lowest BCUT2D eigenvalue weighted by molar-refractivity contribution is -0.274. The molecule has 0 atom stereocenters. The van der Waals surface area contributed by atoms with E-state index in [-0.39, 0.29) is 22.9 Å². The number of alkyl halides is 3. The summed E-state index contributed by atoms with van der Waals surface area (Å²) in [5, 5.41) is 8.98. The first-order valence-electron chi connectivity index (χ1n) is 5.94. The summed E-state index contributed by atoms with van der Waals surface area (Å²) in [4.78, 5) is 14.9. The van der Waals surface area contributed by atoms with Gasteiger partial charge in [-0.05, 0) is 24.3 Å². The van der Waals surface area contributed by atoms with Crippen molar-refractivity contribution in [1.29, 1.82) is 0 Å². The average Bonchev–Trinajstić information content (AvgIpc) is 2.45. The first kappa shape index (κ1) is 15.6. The molecule has 0 aliphatic rings. The highest BCUT2D eigenvalue weighted by molar-refractivity contribution is 5.86. The fourth-order valence-electron chi connectivity index (χ4n) is 1.71. The normalized spacial score (nSPS) is 11.1. The van der Waals surface area contributed by atoms with Crippen molar-refractivity contribution in [2.45, 2.75) is 6.36 Å². The van der Waals surface area contributed by atoms with Crippen molar-refractivity contribution >= 4 is 5.97 Å². The second-order valence-corrected chi connectivity index (χ2v) is 4.15. The minimum absolute atomic E-state index is 0.232. The van der Waals surface area contributed by atoms with Gasteiger partial charge in [0.15, 0.2) is 5.69 Å². The zero-order valence-electron chi connectivity index (χ0n) is 11.2. The Hall–Kier alpha value is -2.77. The number of benzene rings is 1. The predicted octanol–water partition coefficient (Wildman–Crippen LogP) is 3.35. The predicted molar refractivity (Wildman–Crippen MR) is 69.9 cm³/mol. The van der Waals surface area contributed by atoms with E-state index in [1.54, 1.807) is 0 Å². The van der Waals surface area contributed by atoms with Gasteiger partial charge in [0, 0.05) is 17.7 Å². The van der Waals surface area contributed by atoms with Crippen LogP contribution in [0.25, 0.3) is 11.3 Å². The van der Waals surface area contributed by atoms with Crippen LogP contribution in [0, 0.1) is 0 Å². The smallest absolute Gasteiger partial charge is 0.497 e. The number of carboxylic acid groups (broad SMARTS) is 1. The Labute approximate surface area is 122 Å². The number of ether oxygens (including phenoxy) is 2. The highest BCUT2D eigenvalue weighted by Crippen LogP contribution is 2.27. The van der Waals surface area contributed by atoms with E-state index in [1.165, 1.54) is 31.4 Å². The maximum Gasteiger partial charge on any atom is 0.573 e. The third-order valence-electron chi connectivity index (χ3n) is 2.64. The lowest BCUT2D eigenvalue weighted by atomic mass is 10.1. The van der Waals surface area contributed by atoms with Gasteiger partial charge < -0.3 is 14.6 Å². The highest BCUT2D eigenvalue weighted by Gasteiger charge is 2.31. The quantitative estimate of drug-likeness (QED) is 0.937. The maximum atomic E-state index is 12.1. The molecule has 1 heterocycles. The van der Waals surface area contributed by atoms with Gasteiger partial charge >= 0.3 is 12.3 Å². The van der Waals surface area contributed by atoms with Gasteiger partial charge in [-0.25, -0.2) is 9.78 Å². The van der Waals surface area contributed by atoms with E-state index in [9.17, 15) is 18.0 Å². The van der Waals surface area contributed by atoms with E-state index >= 15 is 0 Å². The summed E-state index contributed by atoms with van der Waals surface area (Å²) in [6.07, 6.45) is -4.77. The summed E-state index contributed by atoms with van der Waals surface area (Å²) >= 11 is 0. The van der Waals surface area contributed by atoms with Crippen molar-refractivity contribution in [3.63, 3.8) is 0 Å². The van der Waals surface area contributed by atoms with Gasteiger partial charge in [0.05, 0.1) is 12.8 Å². The molecule has 0 aliphatic heterocycles. The Morgan fingerprint density at radius 3 is 2.27 bits per heavy atom. The molecule has 116 valence electrons. The molecular formula is C14H10F3NO4. The van der Waals surface area contributed by atoms with Crippen LogP contribution in [-0.4, -0.2) is 29.5 Å². The number of rotatable bonds is 4. The van der Waals surface area contributed by atoms with E-state index in [0.29, 0.717) is 5.56 Å². The lowest BCUT2D eigenvalue weighted by Gasteiger charge is -2.10. The standard InChI is InChI=1S/C14H10F3NO4/c1-21-10-6-11(18-12(7-10)13(19)20)8-2-4-9(5-3-8)22-14(15,16)17/h2-7H,1H3,(H,19,20). The molecule has 0 saturated heterocycles. The van der Waals surface area contributed by atoms with E-state index in [1.807, 2.05) is 0 Å². The molecule has 0 unspecified atom stereocenters. The molecule has 0 aliphatic carbocycles. The molecule has 2 rings (SSSR count). The molecule has 0 spiro atoms. The molecular weight excluding hydrogens is 303 g/mol. The molecule has 8 heteroatoms. The van der Waals surface area contributed by atoms with Crippen molar-refractivity contribution in [2.75, 3.05) is 7.11 Å². The SMILES string of the molecule is COc1cc(C(=O)O)nc(-c2ccc(OC(F)(F)F)cc2)c1. The molecule has 1 aromatic carbocycles. The van der Waals surface area contributed by atoms with Gasteiger partial charge in [0.1, 0.15) is 11.5 Å². The van der Waals surface area contributed by atoms with Crippen LogP contribution in [0.5, 0.6) is 11.5 Å². The van der Waals surface area contributed by atoms with Crippen molar-refractivity contribution in [2.24, 2.45) is 0 Å². The Kier molecular flexibility index (Phi) is 4.20. The van der Waals surface area contributed by atoms with Gasteiger partial charge in [-0.1, -0.05) is 0 Å². The fourth-order valence-corrected chi connectivity index (χ4v) is 1.71. The van der Waals surface area contributed by atoms with Gasteiger partial charge in [-0.2, -0.15) is 0 Å². The second-order valence-electron chi connectivity index (χ2n) is 4.15. The molecule has 1 N–H and O–H groups in total. The number of halogens is 3. The van der Waals surface area contributed by atoms with Crippen LogP contribution in [0.4, 0.5) is 13.2 Å². The summed E-state index contributed by atoms with van der Waals surface area (Å²) in [7, 11) is 1.37. The number of hydrogen-bond donors (Lipinski definition) is 1. The Bertz CT molecular complexity index is 683. The first-order chi connectivity index (χ1) is 10.3. The number of pyridine rings is 1. The Morgan fingerprint density at radius 1 is 1.14 bits per heavy atom. The third kappa shape index (κ3) is 3.87. The monoisotopic (exact) mass is 313 g/mol. The minimum atomic E-state index is -4.77. The molecule has 0 saturated carbocycles. The molecule has 0 radical (unpaired) electrons. The van der Waals surface area contributed by atoms with Crippen molar-refractivity contribution < 1.29 is 32.5 Å². The molecule has 5 nitrogen and oxygen atoms in total. The summed E-state index contributed by atoms with van der Waals surface area (Å²) in [6, 6.07) is 7.64. The first-order valence-corrected chi connectivity index (χ1v) is 5.94. The number of methoxy groups -OCH3 is 1. The van der Waals surface area contributed by atoms with Gasteiger partial charge in [-0.3, -0.25) is 0 Å². The van der Waals surface area contributed by atoms with Crippen LogP contribution in [0.1, 0.15) is 10.5 Å². The van der Waals surface area contributed by atoms with Crippen LogP contribution in [0.2, 0.25) is 0 Å². The zero-order chi connectivity index (χ0) is 16.3. The maximum absolute atomic E-state index is 12.1. The summed E-state index contributed by atoms with van der Waals surface area (Å²) in [6.45, 7) is 0. The number of aromatic nitrogens is 1. The molecule has 22 heavy (non-hydrogen) atoms. The van der Waals surface area contributed by atoms with Crippen LogP contribution in [0.15, 0.2) is 36.4 Å². The number of carbonyl (C=O) groups is 1. The summed E-state index contributed by atoms with van der Waals surface area (Å²) in [5.41, 5.74) is 0.455. The number of carboxylic acids is 1. The largest absolute Gasteiger partial charge is 0.573 e. The van der Waals surface area contributed by atoms with E-state index in [2.05, 4.69) is 9.72 Å². The third-order valence-corrected chi connectivity index (χ3v) is 2.64. The van der Waals surface area contributed by atoms with Crippen LogP contribution >= 0.6 is 0 Å². The van der Waals surface area contributed by atoms with Gasteiger partial charge in [-0.15, -0.1) is 13.2 Å². The molecule has 0 amide bonds. The zero-order valence-corrected chi connectivity index (χ0v) is 11.2. The summed E-state index contributed by atoms with van der Waals surface area (Å²) < 4.78 is 45.0. The van der Waals surface area contributed by atoms with E-state index in [4.69, 9.17) is 9.84 Å². The highest BCUT2D eigenvalue weighted by atomic mass is 19.4. The molecule has 2 aromatic rings. The van der Waals surface area contributed by atoms with E-state index < -0.39 is 12.3 Å². The van der Waals surface area contributed by atoms with Gasteiger partial charge in [0.2, 0.25) is 0 Å².